The third-order valence-electron chi connectivity index (χ3n) is 6.33. The fraction of sp³-hybridized carbons (Fsp3) is 0.636. The summed E-state index contributed by atoms with van der Waals surface area (Å²) in [6.07, 6.45) is -7.80. The van der Waals surface area contributed by atoms with E-state index in [1.807, 2.05) is 0 Å². The number of benzene rings is 1. The van der Waals surface area contributed by atoms with Gasteiger partial charge in [-0.05, 0) is 44.8 Å². The lowest BCUT2D eigenvalue weighted by molar-refractivity contribution is -0.459. The first-order valence-electron chi connectivity index (χ1n) is 13.3. The summed E-state index contributed by atoms with van der Waals surface area (Å²) in [5.41, 5.74) is -2.94. The Kier molecular flexibility index (Phi) is 13.1. The number of allylic oxidation sites excluding steroid dienone is 1. The molecule has 0 spiro atoms. The lowest BCUT2D eigenvalue weighted by Crippen LogP contribution is -2.74. The summed E-state index contributed by atoms with van der Waals surface area (Å²) in [4.78, 5) is -0.518. The van der Waals surface area contributed by atoms with Crippen LogP contribution in [0.5, 0.6) is 0 Å². The molecule has 0 bridgehead atoms. The van der Waals surface area contributed by atoms with Crippen LogP contribution >= 0.6 is 0 Å². The van der Waals surface area contributed by atoms with Crippen molar-refractivity contribution in [2.75, 3.05) is 0 Å². The van der Waals surface area contributed by atoms with Gasteiger partial charge in [-0.25, -0.2) is 0 Å². The zero-order valence-corrected chi connectivity index (χ0v) is 33.1. The molecule has 2 nitrogen and oxygen atoms in total. The maximum absolute atomic E-state index is 15.9. The van der Waals surface area contributed by atoms with Crippen LogP contribution < -0.4 is 0 Å². The van der Waals surface area contributed by atoms with Gasteiger partial charge in [-0.1, -0.05) is 35.2 Å². The van der Waals surface area contributed by atoms with E-state index in [1.165, 1.54) is 0 Å². The van der Waals surface area contributed by atoms with E-state index in [2.05, 4.69) is 0 Å². The minimum absolute atomic E-state index is 0.518. The normalized spacial score (nSPS) is 16.2. The smallest absolute Gasteiger partial charge is 0.460 e. The first kappa shape index (κ1) is 44.0. The number of alkyl halides is 17. The van der Waals surface area contributed by atoms with E-state index in [-0.39, 0.29) is 0 Å². The van der Waals surface area contributed by atoms with E-state index < -0.39 is 117 Å². The molecule has 25 heteroatoms. The molecule has 0 fully saturated rings. The van der Waals surface area contributed by atoms with Crippen LogP contribution in [0, 0.1) is 0 Å². The van der Waals surface area contributed by atoms with Gasteiger partial charge in [0, 0.05) is 5.57 Å². The van der Waals surface area contributed by atoms with Gasteiger partial charge in [0.05, 0.1) is 18.1 Å². The van der Waals surface area contributed by atoms with Crippen molar-refractivity contribution in [3.63, 3.8) is 0 Å². The van der Waals surface area contributed by atoms with Gasteiger partial charge in [0.15, 0.2) is 16.6 Å². The fourth-order valence-corrected chi connectivity index (χ4v) is 39.9. The molecule has 0 unspecified atom stereocenters. The maximum Gasteiger partial charge on any atom is 0.460 e. The second-order valence-corrected chi connectivity index (χ2v) is 33.0. The Hall–Kier alpha value is -1.01. The van der Waals surface area contributed by atoms with Crippen molar-refractivity contribution in [2.45, 2.75) is 86.9 Å². The summed E-state index contributed by atoms with van der Waals surface area (Å²) in [7, 11) is -12.8. The second kappa shape index (κ2) is 14.0. The molecule has 0 aliphatic heterocycles. The highest BCUT2D eigenvalue weighted by atomic mass is 29.2. The van der Waals surface area contributed by atoms with Crippen LogP contribution in [0.15, 0.2) is 35.2 Å². The molecular formula is C22H31F17O2Si6. The lowest BCUT2D eigenvalue weighted by Gasteiger charge is -2.43. The minimum Gasteiger partial charge on any atom is -0.463 e. The lowest BCUT2D eigenvalue weighted by atomic mass is 9.86. The van der Waals surface area contributed by atoms with Gasteiger partial charge in [-0.15, -0.1) is 0 Å². The molecule has 274 valence electrons. The summed E-state index contributed by atoms with van der Waals surface area (Å²) in [5.74, 6) is -56.8. The van der Waals surface area contributed by atoms with Crippen LogP contribution in [-0.4, -0.2) is 101 Å². The van der Waals surface area contributed by atoms with Crippen LogP contribution in [0.3, 0.4) is 0 Å². The van der Waals surface area contributed by atoms with Crippen molar-refractivity contribution in [3.05, 3.63) is 40.7 Å². The molecule has 47 heavy (non-hydrogen) atoms. The fourth-order valence-electron chi connectivity index (χ4n) is 3.87. The van der Waals surface area contributed by atoms with Gasteiger partial charge >= 0.3 is 47.6 Å². The van der Waals surface area contributed by atoms with Crippen LogP contribution in [0.4, 0.5) is 74.6 Å². The molecule has 0 aromatic heterocycles. The predicted octanol–water partition coefficient (Wildman–Crippen LogP) is 6.40. The van der Waals surface area contributed by atoms with E-state index in [1.54, 1.807) is 39.3 Å². The van der Waals surface area contributed by atoms with Crippen molar-refractivity contribution >= 4 is 58.8 Å². The first-order valence-corrected chi connectivity index (χ1v) is 30.7. The number of hydrogen-bond acceptors (Lipinski definition) is 2. The average Bonchev–Trinajstić information content (AvgIpc) is 2.86. The standard InChI is InChI=1S/C22H31F17O2Si6/c1-46(2,3)40-44-42-14(43-45-41-47(4,5)6)13(12-10-8-7-9-11-12)15(23,24)16(25,26)17(27,28)18(29,30)19(31,32)20(33,34)21(35,36)22(37,38)39/h7-11H,42-45H2,1-6H3. The van der Waals surface area contributed by atoms with Gasteiger partial charge in [0.25, 0.3) is 0 Å². The molecule has 0 N–H and O–H groups in total. The Morgan fingerprint density at radius 3 is 1.13 bits per heavy atom. The Morgan fingerprint density at radius 1 is 0.489 bits per heavy atom. The van der Waals surface area contributed by atoms with E-state index in [9.17, 15) is 57.1 Å². The third kappa shape index (κ3) is 8.66. The van der Waals surface area contributed by atoms with Crippen LogP contribution in [0.2, 0.25) is 39.3 Å². The SMILES string of the molecule is C[Si](C)(C)O[SiH2][SiH2]C([SiH2][SiH2]O[Si](C)(C)C)=C(c1ccccc1)C(F)(F)C(F)(F)C(F)(F)C(F)(F)C(F)(F)C(F)(F)C(F)(F)C(F)(F)F. The molecule has 0 heterocycles. The van der Waals surface area contributed by atoms with E-state index >= 15 is 17.6 Å². The number of hydrogen-bond donors (Lipinski definition) is 0. The van der Waals surface area contributed by atoms with Gasteiger partial charge in [-0.2, -0.15) is 74.6 Å². The Balaban J connectivity index is 4.07. The quantitative estimate of drug-likeness (QED) is 0.142. The van der Waals surface area contributed by atoms with Gasteiger partial charge in [0.2, 0.25) is 0 Å². The summed E-state index contributed by atoms with van der Waals surface area (Å²) in [5, 5.41) is 0. The molecular weight excluding hydrogens is 788 g/mol. The summed E-state index contributed by atoms with van der Waals surface area (Å²) in [6.45, 7) is 10.0. The summed E-state index contributed by atoms with van der Waals surface area (Å²) in [6, 6.07) is 4.37. The molecule has 1 aromatic carbocycles. The summed E-state index contributed by atoms with van der Waals surface area (Å²) < 4.78 is 252. The molecule has 0 aliphatic carbocycles. The van der Waals surface area contributed by atoms with Crippen LogP contribution in [0.25, 0.3) is 5.57 Å². The Morgan fingerprint density at radius 2 is 0.809 bits per heavy atom. The third-order valence-corrected chi connectivity index (χ3v) is 32.1. The molecule has 1 rings (SSSR count). The second-order valence-electron chi connectivity index (χ2n) is 12.3. The Labute approximate surface area is 269 Å². The van der Waals surface area contributed by atoms with Gasteiger partial charge in [-0.3, -0.25) is 0 Å². The van der Waals surface area contributed by atoms with E-state index in [0.29, 0.717) is 12.1 Å². The van der Waals surface area contributed by atoms with Crippen molar-refractivity contribution in [1.82, 2.24) is 0 Å². The zero-order chi connectivity index (χ0) is 37.5. The minimum atomic E-state index is -8.67. The van der Waals surface area contributed by atoms with Crippen molar-refractivity contribution in [1.29, 1.82) is 0 Å². The highest BCUT2D eigenvalue weighted by molar-refractivity contribution is 7.17. The molecule has 0 atom stereocenters. The topological polar surface area (TPSA) is 18.5 Å². The predicted molar refractivity (Wildman–Crippen MR) is 157 cm³/mol. The number of halogens is 17. The Bertz CT molecular complexity index is 1220. The summed E-state index contributed by atoms with van der Waals surface area (Å²) >= 11 is 0. The van der Waals surface area contributed by atoms with Gasteiger partial charge < -0.3 is 8.23 Å². The van der Waals surface area contributed by atoms with Crippen molar-refractivity contribution < 1.29 is 82.9 Å². The first-order chi connectivity index (χ1) is 20.5. The van der Waals surface area contributed by atoms with Crippen molar-refractivity contribution in [3.8, 4) is 0 Å². The zero-order valence-electron chi connectivity index (χ0n) is 25.5. The molecule has 1 aromatic rings. The molecule has 0 radical (unpaired) electrons. The average molecular weight is 819 g/mol. The van der Waals surface area contributed by atoms with Crippen LogP contribution in [0.1, 0.15) is 5.56 Å². The molecule has 0 amide bonds. The van der Waals surface area contributed by atoms with E-state index in [0.717, 1.165) is 18.2 Å². The maximum atomic E-state index is 15.9. The van der Waals surface area contributed by atoms with Crippen LogP contribution in [-0.2, 0) is 8.23 Å². The number of rotatable bonds is 16. The highest BCUT2D eigenvalue weighted by Gasteiger charge is 2.95. The largest absolute Gasteiger partial charge is 0.463 e. The highest BCUT2D eigenvalue weighted by Crippen LogP contribution is 2.65. The molecule has 0 saturated carbocycles. The van der Waals surface area contributed by atoms with Crippen molar-refractivity contribution in [2.24, 2.45) is 0 Å². The monoisotopic (exact) mass is 818 g/mol. The molecule has 0 saturated heterocycles. The van der Waals surface area contributed by atoms with Gasteiger partial charge in [0.1, 0.15) is 18.6 Å². The van der Waals surface area contributed by atoms with E-state index in [4.69, 9.17) is 8.23 Å². The molecule has 0 aliphatic rings.